The number of anilines is 1. The number of halogens is 1. The van der Waals surface area contributed by atoms with E-state index in [1.165, 1.54) is 0 Å². The van der Waals surface area contributed by atoms with E-state index in [1.54, 1.807) is 36.4 Å². The Balaban J connectivity index is 1.72. The van der Waals surface area contributed by atoms with Crippen LogP contribution in [-0.4, -0.2) is 33.8 Å². The number of hydrogen-bond acceptors (Lipinski definition) is 6. The Morgan fingerprint density at radius 3 is 2.54 bits per heavy atom. The van der Waals surface area contributed by atoms with Gasteiger partial charge in [0, 0.05) is 29.3 Å². The highest BCUT2D eigenvalue weighted by atomic mass is 35.5. The van der Waals surface area contributed by atoms with Crippen LogP contribution in [0.1, 0.15) is 16.1 Å². The fourth-order valence-electron chi connectivity index (χ4n) is 3.03. The molecule has 0 radical (unpaired) electrons. The summed E-state index contributed by atoms with van der Waals surface area (Å²) in [6.07, 6.45) is 1.11. The molecule has 0 aliphatic carbocycles. The van der Waals surface area contributed by atoms with Crippen molar-refractivity contribution in [3.05, 3.63) is 52.7 Å². The van der Waals surface area contributed by atoms with Crippen LogP contribution >= 0.6 is 11.6 Å². The zero-order valence-corrected chi connectivity index (χ0v) is 16.4. The predicted octanol–water partition coefficient (Wildman–Crippen LogP) is 3.65. The zero-order chi connectivity index (χ0) is 19.9. The summed E-state index contributed by atoms with van der Waals surface area (Å²) in [7, 11) is -3.39. The molecule has 28 heavy (non-hydrogen) atoms. The number of ether oxygens (including phenoxy) is 2. The molecule has 0 bridgehead atoms. The van der Waals surface area contributed by atoms with E-state index in [-0.39, 0.29) is 16.5 Å². The molecule has 7 nitrogen and oxygen atoms in total. The van der Waals surface area contributed by atoms with Gasteiger partial charge in [-0.05, 0) is 6.07 Å². The van der Waals surface area contributed by atoms with Gasteiger partial charge >= 0.3 is 0 Å². The van der Waals surface area contributed by atoms with Gasteiger partial charge in [0.25, 0.3) is 5.91 Å². The molecular weight excluding hydrogens is 406 g/mol. The van der Waals surface area contributed by atoms with Gasteiger partial charge in [-0.3, -0.25) is 4.79 Å². The minimum Gasteiger partial charge on any atom is -0.486 e. The number of para-hydroxylation sites is 1. The minimum atomic E-state index is -3.39. The summed E-state index contributed by atoms with van der Waals surface area (Å²) in [4.78, 5) is 12.9. The van der Waals surface area contributed by atoms with Crippen LogP contribution in [0.2, 0.25) is 5.02 Å². The van der Waals surface area contributed by atoms with Crippen molar-refractivity contribution in [3.8, 4) is 11.5 Å². The molecule has 1 aliphatic rings. The van der Waals surface area contributed by atoms with Crippen molar-refractivity contribution in [2.45, 2.75) is 5.75 Å². The van der Waals surface area contributed by atoms with Gasteiger partial charge in [0.1, 0.15) is 18.8 Å². The lowest BCUT2D eigenvalue weighted by atomic mass is 10.1. The van der Waals surface area contributed by atoms with Crippen LogP contribution in [0.15, 0.2) is 40.8 Å². The minimum absolute atomic E-state index is 0.0717. The van der Waals surface area contributed by atoms with Gasteiger partial charge in [0.15, 0.2) is 27.1 Å². The number of sulfone groups is 1. The first kappa shape index (κ1) is 18.6. The summed E-state index contributed by atoms with van der Waals surface area (Å²) in [5.41, 5.74) is 1.05. The van der Waals surface area contributed by atoms with Gasteiger partial charge in [-0.2, -0.15) is 0 Å². The number of fused-ring (bicyclic) bond motifs is 2. The number of carbonyl (C=O) groups is 1. The van der Waals surface area contributed by atoms with E-state index in [4.69, 9.17) is 25.5 Å². The first-order chi connectivity index (χ1) is 13.3. The third-order valence-corrected chi connectivity index (χ3v) is 5.32. The van der Waals surface area contributed by atoms with Crippen LogP contribution < -0.4 is 14.8 Å². The van der Waals surface area contributed by atoms with Crippen LogP contribution in [0, 0.1) is 0 Å². The smallest absolute Gasteiger partial charge is 0.291 e. The standard InChI is InChI=1S/C19H16ClNO6S/c1-28(23,24)10-12-11-4-2-3-5-15(11)27-18(12)19(22)21-14-9-17-16(8-13(14)20)25-6-7-26-17/h2-5,8-9H,6-7,10H2,1H3,(H,21,22). The third-order valence-electron chi connectivity index (χ3n) is 4.19. The van der Waals surface area contributed by atoms with Crippen molar-refractivity contribution >= 4 is 44.0 Å². The SMILES string of the molecule is CS(=O)(=O)Cc1c(C(=O)Nc2cc3c(cc2Cl)OCCO3)oc2ccccc12. The van der Waals surface area contributed by atoms with E-state index in [1.807, 2.05) is 0 Å². The summed E-state index contributed by atoms with van der Waals surface area (Å²) in [6, 6.07) is 10.0. The van der Waals surface area contributed by atoms with Crippen LogP contribution in [-0.2, 0) is 15.6 Å². The molecule has 2 heterocycles. The molecular formula is C19H16ClNO6S. The lowest BCUT2D eigenvalue weighted by Crippen LogP contribution is -2.17. The Hall–Kier alpha value is -2.71. The summed E-state index contributed by atoms with van der Waals surface area (Å²) >= 11 is 6.24. The van der Waals surface area contributed by atoms with E-state index in [9.17, 15) is 13.2 Å². The number of hydrogen-bond donors (Lipinski definition) is 1. The molecule has 146 valence electrons. The molecule has 9 heteroatoms. The Morgan fingerprint density at radius 1 is 1.14 bits per heavy atom. The maximum atomic E-state index is 12.9. The number of benzene rings is 2. The molecule has 0 saturated carbocycles. The van der Waals surface area contributed by atoms with E-state index >= 15 is 0 Å². The second kappa shape index (κ2) is 7.03. The average molecular weight is 422 g/mol. The zero-order valence-electron chi connectivity index (χ0n) is 14.8. The fourth-order valence-corrected chi connectivity index (χ4v) is 4.04. The summed E-state index contributed by atoms with van der Waals surface area (Å²) < 4.78 is 40.3. The van der Waals surface area contributed by atoms with Crippen LogP contribution in [0.25, 0.3) is 11.0 Å². The first-order valence-electron chi connectivity index (χ1n) is 8.40. The molecule has 0 atom stereocenters. The lowest BCUT2D eigenvalue weighted by molar-refractivity contribution is 0.0997. The van der Waals surface area contributed by atoms with Crippen LogP contribution in [0.4, 0.5) is 5.69 Å². The second-order valence-corrected chi connectivity index (χ2v) is 8.95. The third kappa shape index (κ3) is 3.65. The van der Waals surface area contributed by atoms with E-state index in [2.05, 4.69) is 5.32 Å². The van der Waals surface area contributed by atoms with Crippen molar-refractivity contribution < 1.29 is 27.1 Å². The molecule has 1 aliphatic heterocycles. The largest absolute Gasteiger partial charge is 0.486 e. The van der Waals surface area contributed by atoms with Gasteiger partial charge in [-0.25, -0.2) is 8.42 Å². The molecule has 0 unspecified atom stereocenters. The number of carbonyl (C=O) groups excluding carboxylic acids is 1. The molecule has 2 aromatic carbocycles. The van der Waals surface area contributed by atoms with Crippen molar-refractivity contribution in [3.63, 3.8) is 0 Å². The molecule has 0 fully saturated rings. The van der Waals surface area contributed by atoms with Gasteiger partial charge in [-0.1, -0.05) is 29.8 Å². The van der Waals surface area contributed by atoms with Crippen molar-refractivity contribution in [1.82, 2.24) is 0 Å². The summed E-state index contributed by atoms with van der Waals surface area (Å²) in [6.45, 7) is 0.812. The highest BCUT2D eigenvalue weighted by Crippen LogP contribution is 2.38. The Kier molecular flexibility index (Phi) is 4.68. The van der Waals surface area contributed by atoms with E-state index in [0.717, 1.165) is 6.26 Å². The normalized spacial score (nSPS) is 13.5. The Labute approximate surface area is 166 Å². The summed E-state index contributed by atoms with van der Waals surface area (Å²) in [5, 5.41) is 3.51. The average Bonchev–Trinajstić information content (AvgIpc) is 2.99. The molecule has 1 N–H and O–H groups in total. The van der Waals surface area contributed by atoms with Crippen LogP contribution in [0.3, 0.4) is 0 Å². The fraction of sp³-hybridized carbons (Fsp3) is 0.211. The topological polar surface area (TPSA) is 94.8 Å². The van der Waals surface area contributed by atoms with E-state index in [0.29, 0.717) is 46.9 Å². The second-order valence-electron chi connectivity index (χ2n) is 6.41. The van der Waals surface area contributed by atoms with E-state index < -0.39 is 15.7 Å². The highest BCUT2D eigenvalue weighted by Gasteiger charge is 2.24. The number of amides is 1. The molecule has 1 amide bonds. The van der Waals surface area contributed by atoms with Gasteiger partial charge in [-0.15, -0.1) is 0 Å². The number of rotatable bonds is 4. The van der Waals surface area contributed by atoms with Gasteiger partial charge in [0.2, 0.25) is 0 Å². The summed E-state index contributed by atoms with van der Waals surface area (Å²) in [5.74, 6) is -0.0320. The van der Waals surface area contributed by atoms with Gasteiger partial charge in [0.05, 0.1) is 16.5 Å². The predicted molar refractivity (Wildman–Crippen MR) is 105 cm³/mol. The van der Waals surface area contributed by atoms with Crippen molar-refractivity contribution in [2.24, 2.45) is 0 Å². The molecule has 0 saturated heterocycles. The van der Waals surface area contributed by atoms with Crippen molar-refractivity contribution in [2.75, 3.05) is 24.8 Å². The highest BCUT2D eigenvalue weighted by molar-refractivity contribution is 7.89. The Bertz CT molecular complexity index is 1180. The molecule has 3 aromatic rings. The quantitative estimate of drug-likeness (QED) is 0.690. The maximum absolute atomic E-state index is 12.9. The Morgan fingerprint density at radius 2 is 1.82 bits per heavy atom. The molecule has 0 spiro atoms. The van der Waals surface area contributed by atoms with Crippen LogP contribution in [0.5, 0.6) is 11.5 Å². The monoisotopic (exact) mass is 421 g/mol. The number of furan rings is 1. The molecule has 1 aromatic heterocycles. The van der Waals surface area contributed by atoms with Gasteiger partial charge < -0.3 is 19.2 Å². The first-order valence-corrected chi connectivity index (χ1v) is 10.8. The lowest BCUT2D eigenvalue weighted by Gasteiger charge is -2.19. The molecule has 4 rings (SSSR count). The maximum Gasteiger partial charge on any atom is 0.291 e. The van der Waals surface area contributed by atoms with Crippen molar-refractivity contribution in [1.29, 1.82) is 0 Å². The number of nitrogens with one attached hydrogen (secondary N) is 1.